The molecule has 0 atom stereocenters. The van der Waals surface area contributed by atoms with Crippen LogP contribution in [-0.4, -0.2) is 42.5 Å². The Morgan fingerprint density at radius 3 is 2.53 bits per heavy atom. The van der Waals surface area contributed by atoms with Crippen LogP contribution >= 0.6 is 27.5 Å². The maximum Gasteiger partial charge on any atom is 0.253 e. The lowest BCUT2D eigenvalue weighted by atomic mass is 10.1. The zero-order valence-electron chi connectivity index (χ0n) is 10.6. The monoisotopic (exact) mass is 345 g/mol. The summed E-state index contributed by atoms with van der Waals surface area (Å²) in [7, 11) is 0. The van der Waals surface area contributed by atoms with E-state index in [4.69, 9.17) is 16.3 Å². The summed E-state index contributed by atoms with van der Waals surface area (Å²) in [6, 6.07) is 7.48. The second-order valence-electron chi connectivity index (χ2n) is 4.56. The smallest absolute Gasteiger partial charge is 0.253 e. The lowest BCUT2D eigenvalue weighted by Gasteiger charge is -2.32. The van der Waals surface area contributed by atoms with Gasteiger partial charge >= 0.3 is 0 Å². The number of rotatable bonds is 4. The minimum atomic E-state index is 0.100. The van der Waals surface area contributed by atoms with Crippen molar-refractivity contribution < 1.29 is 9.53 Å². The molecule has 19 heavy (non-hydrogen) atoms. The summed E-state index contributed by atoms with van der Waals surface area (Å²) >= 11 is 8.97. The van der Waals surface area contributed by atoms with Gasteiger partial charge in [0.2, 0.25) is 0 Å². The number of carbonyl (C=O) groups excluding carboxylic acids is 1. The molecule has 1 aliphatic heterocycles. The molecule has 1 amide bonds. The second-order valence-corrected chi connectivity index (χ2v) is 5.85. The van der Waals surface area contributed by atoms with E-state index in [9.17, 15) is 4.79 Å². The molecule has 2 rings (SSSR count). The summed E-state index contributed by atoms with van der Waals surface area (Å²) in [6.45, 7) is 2.09. The van der Waals surface area contributed by atoms with Gasteiger partial charge in [-0.1, -0.05) is 15.9 Å². The van der Waals surface area contributed by atoms with Crippen molar-refractivity contribution in [3.05, 3.63) is 34.3 Å². The predicted octanol–water partition coefficient (Wildman–Crippen LogP) is 3.31. The average molecular weight is 347 g/mol. The van der Waals surface area contributed by atoms with Crippen molar-refractivity contribution in [2.45, 2.75) is 18.9 Å². The molecule has 5 heteroatoms. The van der Waals surface area contributed by atoms with Crippen molar-refractivity contribution >= 4 is 33.4 Å². The van der Waals surface area contributed by atoms with E-state index in [-0.39, 0.29) is 12.0 Å². The van der Waals surface area contributed by atoms with Crippen LogP contribution in [0, 0.1) is 0 Å². The first-order valence-electron chi connectivity index (χ1n) is 6.43. The number of alkyl halides is 1. The Balaban J connectivity index is 1.87. The van der Waals surface area contributed by atoms with Crippen LogP contribution in [0.2, 0.25) is 0 Å². The second kappa shape index (κ2) is 7.27. The molecule has 0 aromatic heterocycles. The molecule has 1 fully saturated rings. The van der Waals surface area contributed by atoms with E-state index in [1.54, 1.807) is 0 Å². The molecule has 0 bridgehead atoms. The maximum atomic E-state index is 12.3. The molecule has 0 aliphatic carbocycles. The lowest BCUT2D eigenvalue weighted by molar-refractivity contribution is 0.0154. The molecule has 1 saturated heterocycles. The van der Waals surface area contributed by atoms with Gasteiger partial charge in [0.05, 0.1) is 12.7 Å². The third-order valence-electron chi connectivity index (χ3n) is 3.25. The van der Waals surface area contributed by atoms with Crippen LogP contribution in [0.1, 0.15) is 23.2 Å². The van der Waals surface area contributed by atoms with Gasteiger partial charge in [-0.05, 0) is 37.1 Å². The fraction of sp³-hybridized carbons (Fsp3) is 0.500. The number of benzene rings is 1. The average Bonchev–Trinajstić information content (AvgIpc) is 2.46. The number of ether oxygens (including phenoxy) is 1. The van der Waals surface area contributed by atoms with Crippen LogP contribution in [0.25, 0.3) is 0 Å². The minimum absolute atomic E-state index is 0.100. The maximum absolute atomic E-state index is 12.3. The zero-order chi connectivity index (χ0) is 13.7. The van der Waals surface area contributed by atoms with Gasteiger partial charge in [-0.25, -0.2) is 0 Å². The Morgan fingerprint density at radius 2 is 1.95 bits per heavy atom. The number of nitrogens with zero attached hydrogens (tertiary/aromatic N) is 1. The summed E-state index contributed by atoms with van der Waals surface area (Å²) in [6.07, 6.45) is 2.02. The number of likely N-dealkylation sites (tertiary alicyclic amines) is 1. The number of halogens is 2. The Hall–Kier alpha value is -0.580. The molecule has 0 N–H and O–H groups in total. The number of amides is 1. The molecule has 1 heterocycles. The fourth-order valence-electron chi connectivity index (χ4n) is 2.21. The van der Waals surface area contributed by atoms with E-state index in [1.807, 2.05) is 29.2 Å². The third-order valence-corrected chi connectivity index (χ3v) is 3.93. The van der Waals surface area contributed by atoms with E-state index in [1.165, 1.54) is 0 Å². The first-order valence-corrected chi connectivity index (χ1v) is 7.76. The fourth-order valence-corrected chi connectivity index (χ4v) is 2.57. The van der Waals surface area contributed by atoms with Gasteiger partial charge in [-0.3, -0.25) is 4.79 Å². The summed E-state index contributed by atoms with van der Waals surface area (Å²) in [5, 5.41) is 0. The van der Waals surface area contributed by atoms with Gasteiger partial charge in [0.1, 0.15) is 0 Å². The van der Waals surface area contributed by atoms with Gasteiger partial charge in [-0.2, -0.15) is 0 Å². The largest absolute Gasteiger partial charge is 0.377 e. The van der Waals surface area contributed by atoms with Crippen molar-refractivity contribution in [2.75, 3.05) is 25.6 Å². The quantitative estimate of drug-likeness (QED) is 0.783. The molecule has 1 aromatic rings. The predicted molar refractivity (Wildman–Crippen MR) is 79.7 cm³/mol. The minimum Gasteiger partial charge on any atom is -0.377 e. The molecule has 1 aliphatic rings. The van der Waals surface area contributed by atoms with Gasteiger partial charge in [-0.15, -0.1) is 11.6 Å². The van der Waals surface area contributed by atoms with Crippen LogP contribution in [0.3, 0.4) is 0 Å². The van der Waals surface area contributed by atoms with Crippen molar-refractivity contribution in [3.63, 3.8) is 0 Å². The molecule has 3 nitrogen and oxygen atoms in total. The van der Waals surface area contributed by atoms with Crippen LogP contribution in [0.15, 0.2) is 28.7 Å². The number of piperidine rings is 1. The highest BCUT2D eigenvalue weighted by Crippen LogP contribution is 2.17. The van der Waals surface area contributed by atoms with E-state index >= 15 is 0 Å². The van der Waals surface area contributed by atoms with Crippen LogP contribution < -0.4 is 0 Å². The number of hydrogen-bond acceptors (Lipinski definition) is 2. The van der Waals surface area contributed by atoms with Crippen LogP contribution in [0.4, 0.5) is 0 Å². The molecular formula is C14H17BrClNO2. The molecule has 104 valence electrons. The first-order chi connectivity index (χ1) is 9.20. The SMILES string of the molecule is O=C(c1ccc(Br)cc1)N1CCC(OCCCl)CC1. The van der Waals surface area contributed by atoms with Crippen LogP contribution in [0.5, 0.6) is 0 Å². The topological polar surface area (TPSA) is 29.5 Å². The molecule has 0 saturated carbocycles. The Labute approximate surface area is 127 Å². The highest BCUT2D eigenvalue weighted by atomic mass is 79.9. The van der Waals surface area contributed by atoms with Crippen molar-refractivity contribution in [2.24, 2.45) is 0 Å². The van der Waals surface area contributed by atoms with E-state index < -0.39 is 0 Å². The van der Waals surface area contributed by atoms with E-state index in [0.717, 1.165) is 36.0 Å². The number of hydrogen-bond donors (Lipinski definition) is 0. The van der Waals surface area contributed by atoms with Crippen molar-refractivity contribution in [1.82, 2.24) is 4.90 Å². The normalized spacial score (nSPS) is 16.6. The summed E-state index contributed by atoms with van der Waals surface area (Å²) in [4.78, 5) is 14.2. The Bertz CT molecular complexity index is 416. The molecule has 0 spiro atoms. The van der Waals surface area contributed by atoms with Gasteiger partial charge in [0.15, 0.2) is 0 Å². The highest BCUT2D eigenvalue weighted by Gasteiger charge is 2.23. The standard InChI is InChI=1S/C14H17BrClNO2/c15-12-3-1-11(2-4-12)14(18)17-8-5-13(6-9-17)19-10-7-16/h1-4,13H,5-10H2. The first kappa shape index (κ1) is 14.8. The Kier molecular flexibility index (Phi) is 5.67. The molecule has 0 radical (unpaired) electrons. The highest BCUT2D eigenvalue weighted by molar-refractivity contribution is 9.10. The van der Waals surface area contributed by atoms with Gasteiger partial charge in [0, 0.05) is 29.0 Å². The van der Waals surface area contributed by atoms with Crippen molar-refractivity contribution in [3.8, 4) is 0 Å². The van der Waals surface area contributed by atoms with E-state index in [0.29, 0.717) is 12.5 Å². The summed E-state index contributed by atoms with van der Waals surface area (Å²) in [5.41, 5.74) is 0.739. The lowest BCUT2D eigenvalue weighted by Crippen LogP contribution is -2.41. The summed E-state index contributed by atoms with van der Waals surface area (Å²) < 4.78 is 6.59. The molecular weight excluding hydrogens is 330 g/mol. The van der Waals surface area contributed by atoms with Crippen molar-refractivity contribution in [1.29, 1.82) is 0 Å². The Morgan fingerprint density at radius 1 is 1.32 bits per heavy atom. The zero-order valence-corrected chi connectivity index (χ0v) is 13.0. The third kappa shape index (κ3) is 4.20. The van der Waals surface area contributed by atoms with E-state index in [2.05, 4.69) is 15.9 Å². The molecule has 1 aromatic carbocycles. The van der Waals surface area contributed by atoms with Gasteiger partial charge < -0.3 is 9.64 Å². The van der Waals surface area contributed by atoms with Crippen LogP contribution in [-0.2, 0) is 4.74 Å². The number of carbonyl (C=O) groups is 1. The summed E-state index contributed by atoms with van der Waals surface area (Å²) in [5.74, 6) is 0.626. The molecule has 0 unspecified atom stereocenters. The van der Waals surface area contributed by atoms with Gasteiger partial charge in [0.25, 0.3) is 5.91 Å².